The minimum Gasteiger partial charge on any atom is -0.247 e. The molecule has 8 rings (SSSR count). The molecule has 0 fully saturated rings. The van der Waals surface area contributed by atoms with Crippen molar-refractivity contribution in [2.75, 3.05) is 0 Å². The van der Waals surface area contributed by atoms with Crippen LogP contribution >= 0.6 is 0 Å². The number of hydrogen-bond donors (Lipinski definition) is 0. The van der Waals surface area contributed by atoms with Crippen LogP contribution in [0.4, 0.5) is 0 Å². The van der Waals surface area contributed by atoms with Gasteiger partial charge in [-0.15, -0.1) is 0 Å². The van der Waals surface area contributed by atoms with E-state index in [4.69, 9.17) is 19.9 Å². The fourth-order valence-corrected chi connectivity index (χ4v) is 6.04. The van der Waals surface area contributed by atoms with Gasteiger partial charge in [0.1, 0.15) is 0 Å². The van der Waals surface area contributed by atoms with E-state index in [1.807, 2.05) is 6.07 Å². The maximum absolute atomic E-state index is 5.30. The van der Waals surface area contributed by atoms with Gasteiger partial charge in [0.2, 0.25) is 0 Å². The van der Waals surface area contributed by atoms with Gasteiger partial charge in [0.25, 0.3) is 0 Å². The highest BCUT2D eigenvalue weighted by Gasteiger charge is 2.17. The molecule has 0 amide bonds. The van der Waals surface area contributed by atoms with Crippen molar-refractivity contribution in [1.29, 1.82) is 0 Å². The molecule has 4 heteroatoms. The fraction of sp³-hybridized carbons (Fsp3) is 0.0476. The molecule has 4 nitrogen and oxygen atoms in total. The molecule has 0 saturated heterocycles. The molecule has 46 heavy (non-hydrogen) atoms. The molecule has 0 N–H and O–H groups in total. The second kappa shape index (κ2) is 11.5. The van der Waals surface area contributed by atoms with Crippen LogP contribution in [0.3, 0.4) is 0 Å². The first-order valence-corrected chi connectivity index (χ1v) is 15.5. The van der Waals surface area contributed by atoms with E-state index in [0.29, 0.717) is 17.5 Å². The molecule has 0 unspecified atom stereocenters. The minimum atomic E-state index is 0.613. The topological polar surface area (TPSA) is 51.6 Å². The van der Waals surface area contributed by atoms with E-state index < -0.39 is 0 Å². The summed E-state index contributed by atoms with van der Waals surface area (Å²) in [6.07, 6.45) is 0. The van der Waals surface area contributed by atoms with Crippen LogP contribution in [0.15, 0.2) is 146 Å². The van der Waals surface area contributed by atoms with Crippen LogP contribution in [-0.4, -0.2) is 19.9 Å². The predicted molar refractivity (Wildman–Crippen MR) is 189 cm³/mol. The molecule has 0 aliphatic carbocycles. The molecular formula is C42H30N4. The van der Waals surface area contributed by atoms with Crippen LogP contribution in [0, 0.1) is 13.8 Å². The van der Waals surface area contributed by atoms with Crippen molar-refractivity contribution in [1.82, 2.24) is 19.9 Å². The molecule has 0 bridgehead atoms. The summed E-state index contributed by atoms with van der Waals surface area (Å²) >= 11 is 0. The minimum absolute atomic E-state index is 0.613. The highest BCUT2D eigenvalue weighted by Crippen LogP contribution is 2.39. The number of benzene rings is 6. The maximum Gasteiger partial charge on any atom is 0.164 e. The summed E-state index contributed by atoms with van der Waals surface area (Å²) in [5.41, 5.74) is 10.4. The number of nitrogens with zero attached hydrogens (tertiary/aromatic N) is 4. The first-order chi connectivity index (χ1) is 22.6. The van der Waals surface area contributed by atoms with Crippen molar-refractivity contribution in [3.05, 3.63) is 157 Å². The molecule has 0 aliphatic rings. The Bertz CT molecular complexity index is 2280. The number of aryl methyl sites for hydroxylation is 2. The first kappa shape index (κ1) is 27.5. The molecule has 0 spiro atoms. The largest absolute Gasteiger partial charge is 0.247 e. The molecule has 218 valence electrons. The number of rotatable bonds is 5. The predicted octanol–water partition coefficient (Wildman–Crippen LogP) is 10.5. The van der Waals surface area contributed by atoms with Crippen molar-refractivity contribution in [2.24, 2.45) is 0 Å². The molecule has 2 heterocycles. The van der Waals surface area contributed by atoms with Crippen LogP contribution in [0.5, 0.6) is 0 Å². The van der Waals surface area contributed by atoms with Gasteiger partial charge >= 0.3 is 0 Å². The highest BCUT2D eigenvalue weighted by molar-refractivity contribution is 6.17. The Balaban J connectivity index is 1.38. The third-order valence-electron chi connectivity index (χ3n) is 8.46. The molecule has 0 atom stereocenters. The van der Waals surface area contributed by atoms with Gasteiger partial charge in [-0.3, -0.25) is 0 Å². The quantitative estimate of drug-likeness (QED) is 0.187. The number of fused-ring (bicyclic) bond motifs is 3. The Morgan fingerprint density at radius 1 is 0.370 bits per heavy atom. The lowest BCUT2D eigenvalue weighted by molar-refractivity contribution is 1.07. The summed E-state index contributed by atoms with van der Waals surface area (Å²) in [6, 6.07) is 50.5. The first-order valence-electron chi connectivity index (χ1n) is 15.5. The summed E-state index contributed by atoms with van der Waals surface area (Å²) in [4.78, 5) is 20.3. The van der Waals surface area contributed by atoms with Gasteiger partial charge < -0.3 is 0 Å². The van der Waals surface area contributed by atoms with Gasteiger partial charge in [0, 0.05) is 38.4 Å². The Morgan fingerprint density at radius 2 is 0.891 bits per heavy atom. The fourth-order valence-electron chi connectivity index (χ4n) is 6.04. The molecule has 0 aliphatic heterocycles. The van der Waals surface area contributed by atoms with Crippen LogP contribution in [0.1, 0.15) is 11.1 Å². The van der Waals surface area contributed by atoms with E-state index in [1.165, 1.54) is 27.6 Å². The number of pyridine rings is 1. The molecular weight excluding hydrogens is 560 g/mol. The van der Waals surface area contributed by atoms with Gasteiger partial charge in [0.05, 0.1) is 11.2 Å². The average molecular weight is 591 g/mol. The lowest BCUT2D eigenvalue weighted by Gasteiger charge is -2.15. The van der Waals surface area contributed by atoms with E-state index in [-0.39, 0.29) is 0 Å². The molecule has 8 aromatic rings. The second-order valence-electron chi connectivity index (χ2n) is 11.7. The van der Waals surface area contributed by atoms with Crippen LogP contribution < -0.4 is 0 Å². The maximum atomic E-state index is 5.30. The smallest absolute Gasteiger partial charge is 0.164 e. The molecule has 2 aromatic heterocycles. The summed E-state index contributed by atoms with van der Waals surface area (Å²) < 4.78 is 0. The summed E-state index contributed by atoms with van der Waals surface area (Å²) in [7, 11) is 0. The van der Waals surface area contributed by atoms with E-state index in [1.54, 1.807) is 0 Å². The van der Waals surface area contributed by atoms with Gasteiger partial charge in [-0.25, -0.2) is 19.9 Å². The van der Waals surface area contributed by atoms with Gasteiger partial charge in [-0.1, -0.05) is 151 Å². The molecule has 0 saturated carbocycles. The molecule has 6 aromatic carbocycles. The van der Waals surface area contributed by atoms with Crippen LogP contribution in [-0.2, 0) is 0 Å². The SMILES string of the molecule is Cc1ccc(-c2nc(-c3ccc(C)cc3)nc(-c3ccc4c(c3)nc(-c3ccccc3)c3cccc(-c5ccccc5)c34)n2)cc1. The van der Waals surface area contributed by atoms with Gasteiger partial charge in [0.15, 0.2) is 17.5 Å². The van der Waals surface area contributed by atoms with Crippen molar-refractivity contribution in [2.45, 2.75) is 13.8 Å². The molecule has 0 radical (unpaired) electrons. The van der Waals surface area contributed by atoms with E-state index >= 15 is 0 Å². The Morgan fingerprint density at radius 3 is 1.48 bits per heavy atom. The summed E-state index contributed by atoms with van der Waals surface area (Å²) in [6.45, 7) is 4.16. The van der Waals surface area contributed by atoms with Crippen molar-refractivity contribution in [3.63, 3.8) is 0 Å². The lowest BCUT2D eigenvalue weighted by atomic mass is 9.92. The van der Waals surface area contributed by atoms with Gasteiger partial charge in [-0.05, 0) is 31.0 Å². The number of hydrogen-bond acceptors (Lipinski definition) is 4. The normalized spacial score (nSPS) is 11.3. The zero-order valence-corrected chi connectivity index (χ0v) is 25.6. The van der Waals surface area contributed by atoms with Crippen molar-refractivity contribution in [3.8, 4) is 56.5 Å². The Hall–Kier alpha value is -6.00. The third-order valence-corrected chi connectivity index (χ3v) is 8.46. The summed E-state index contributed by atoms with van der Waals surface area (Å²) in [5, 5.41) is 3.39. The zero-order valence-electron chi connectivity index (χ0n) is 25.6. The Kier molecular flexibility index (Phi) is 6.88. The van der Waals surface area contributed by atoms with Gasteiger partial charge in [-0.2, -0.15) is 0 Å². The average Bonchev–Trinajstić information content (AvgIpc) is 3.12. The van der Waals surface area contributed by atoms with E-state index in [0.717, 1.165) is 44.2 Å². The van der Waals surface area contributed by atoms with E-state index in [9.17, 15) is 0 Å². The highest BCUT2D eigenvalue weighted by atomic mass is 15.0. The van der Waals surface area contributed by atoms with Crippen molar-refractivity contribution < 1.29 is 0 Å². The Labute approximate surface area is 268 Å². The van der Waals surface area contributed by atoms with Crippen molar-refractivity contribution >= 4 is 21.7 Å². The van der Waals surface area contributed by atoms with Crippen LogP contribution in [0.2, 0.25) is 0 Å². The lowest BCUT2D eigenvalue weighted by Crippen LogP contribution is -2.00. The third kappa shape index (κ3) is 5.10. The van der Waals surface area contributed by atoms with E-state index in [2.05, 4.69) is 153 Å². The second-order valence-corrected chi connectivity index (χ2v) is 11.7. The standard InChI is InChI=1S/C42H30N4/c1-27-16-20-31(21-17-27)40-44-41(32-22-18-28(2)19-23-32)46-42(45-40)33-24-25-35-37(26-33)43-39(30-12-7-4-8-13-30)36-15-9-14-34(38(35)36)29-10-5-3-6-11-29/h3-26H,1-2H3. The number of aromatic nitrogens is 4. The van der Waals surface area contributed by atoms with Crippen LogP contribution in [0.25, 0.3) is 78.2 Å². The monoisotopic (exact) mass is 590 g/mol. The zero-order chi connectivity index (χ0) is 31.0. The summed E-state index contributed by atoms with van der Waals surface area (Å²) in [5.74, 6) is 1.90.